The highest BCUT2D eigenvalue weighted by Crippen LogP contribution is 2.44. The molecule has 2 atom stereocenters. The number of carbonyl (C=O) groups excluding carboxylic acids is 1. The first-order valence-corrected chi connectivity index (χ1v) is 10.4. The minimum Gasteiger partial charge on any atom is -0.363 e. The zero-order valence-corrected chi connectivity index (χ0v) is 18.3. The molecule has 1 aromatic heterocycles. The summed E-state index contributed by atoms with van der Waals surface area (Å²) in [6, 6.07) is 6.89. The topological polar surface area (TPSA) is 59.0 Å². The van der Waals surface area contributed by atoms with Gasteiger partial charge in [-0.25, -0.2) is 4.68 Å². The fraction of sp³-hybridized carbons (Fsp3) is 0.238. The normalized spacial score (nSPS) is 18.2. The van der Waals surface area contributed by atoms with E-state index in [0.717, 1.165) is 18.2 Å². The first-order valence-electron chi connectivity index (χ1n) is 9.69. The summed E-state index contributed by atoms with van der Waals surface area (Å²) in [5, 5.41) is 9.11. The minimum absolute atomic E-state index is 0.0752. The Labute approximate surface area is 198 Å². The number of nitrogens with one attached hydrogen (secondary N) is 2. The molecule has 0 fully saturated rings. The second-order valence-corrected chi connectivity index (χ2v) is 8.39. The number of rotatable bonds is 3. The molecule has 2 aromatic carbocycles. The lowest BCUT2D eigenvalue weighted by Crippen LogP contribution is -2.35. The van der Waals surface area contributed by atoms with Gasteiger partial charge in [-0.3, -0.25) is 4.79 Å². The maximum absolute atomic E-state index is 13.8. The van der Waals surface area contributed by atoms with Crippen molar-refractivity contribution in [3.63, 3.8) is 0 Å². The quantitative estimate of drug-likeness (QED) is 0.360. The molecule has 180 valence electrons. The van der Waals surface area contributed by atoms with Gasteiger partial charge in [0.2, 0.25) is 0 Å². The van der Waals surface area contributed by atoms with E-state index in [4.69, 9.17) is 23.2 Å². The molecular weight excluding hydrogens is 509 g/mol. The van der Waals surface area contributed by atoms with Gasteiger partial charge in [0.1, 0.15) is 5.82 Å². The summed E-state index contributed by atoms with van der Waals surface area (Å²) in [7, 11) is 0. The van der Waals surface area contributed by atoms with Gasteiger partial charge in [-0.15, -0.1) is 0 Å². The number of aromatic nitrogens is 2. The molecule has 0 saturated heterocycles. The first kappa shape index (κ1) is 24.2. The fourth-order valence-electron chi connectivity index (χ4n) is 3.58. The van der Waals surface area contributed by atoms with Crippen LogP contribution in [0.3, 0.4) is 0 Å². The lowest BCUT2D eigenvalue weighted by molar-refractivity contribution is -0.173. The number of amides is 1. The maximum Gasteiger partial charge on any atom is 0.416 e. The van der Waals surface area contributed by atoms with Crippen molar-refractivity contribution < 1.29 is 31.1 Å². The van der Waals surface area contributed by atoms with Crippen LogP contribution < -0.4 is 10.6 Å². The molecule has 3 aromatic rings. The lowest BCUT2D eigenvalue weighted by Gasteiger charge is -2.33. The van der Waals surface area contributed by atoms with Gasteiger partial charge < -0.3 is 10.6 Å². The predicted molar refractivity (Wildman–Crippen MR) is 114 cm³/mol. The number of nitrogens with zero attached hydrogens (tertiary/aromatic N) is 2. The van der Waals surface area contributed by atoms with E-state index in [9.17, 15) is 31.1 Å². The van der Waals surface area contributed by atoms with Crippen LogP contribution >= 0.6 is 23.2 Å². The third kappa shape index (κ3) is 4.95. The maximum atomic E-state index is 13.8. The van der Waals surface area contributed by atoms with E-state index in [1.807, 2.05) is 0 Å². The number of fused-ring (bicyclic) bond motifs is 1. The Hall–Kier alpha value is -2.92. The molecule has 0 aliphatic carbocycles. The van der Waals surface area contributed by atoms with Crippen molar-refractivity contribution in [2.45, 2.75) is 30.9 Å². The van der Waals surface area contributed by atoms with Crippen molar-refractivity contribution in [2.75, 3.05) is 10.6 Å². The largest absolute Gasteiger partial charge is 0.416 e. The SMILES string of the molecule is O=C(Nc1cc(C(F)(F)F)ccc1Cl)c1cc2n(n1)C(C(F)(F)F)CC(c1ccc(Cl)cc1)N2. The van der Waals surface area contributed by atoms with Crippen LogP contribution in [0, 0.1) is 0 Å². The van der Waals surface area contributed by atoms with Crippen molar-refractivity contribution in [1.29, 1.82) is 0 Å². The molecule has 0 spiro atoms. The van der Waals surface area contributed by atoms with Crippen LogP contribution in [-0.2, 0) is 6.18 Å². The van der Waals surface area contributed by atoms with E-state index in [-0.39, 0.29) is 16.5 Å². The summed E-state index contributed by atoms with van der Waals surface area (Å²) in [5.74, 6) is -1.09. The van der Waals surface area contributed by atoms with Crippen molar-refractivity contribution in [3.05, 3.63) is 75.4 Å². The smallest absolute Gasteiger partial charge is 0.363 e. The Bertz CT molecular complexity index is 1220. The van der Waals surface area contributed by atoms with Gasteiger partial charge in [-0.1, -0.05) is 35.3 Å². The fourth-order valence-corrected chi connectivity index (χ4v) is 3.87. The molecule has 34 heavy (non-hydrogen) atoms. The van der Waals surface area contributed by atoms with Gasteiger partial charge in [0.15, 0.2) is 11.7 Å². The summed E-state index contributed by atoms with van der Waals surface area (Å²) in [6.07, 6.45) is -9.76. The van der Waals surface area contributed by atoms with E-state index in [1.165, 1.54) is 0 Å². The van der Waals surface area contributed by atoms with Gasteiger partial charge in [-0.05, 0) is 35.9 Å². The summed E-state index contributed by atoms with van der Waals surface area (Å²) >= 11 is 11.7. The first-order chi connectivity index (χ1) is 15.8. The van der Waals surface area contributed by atoms with E-state index < -0.39 is 48.0 Å². The van der Waals surface area contributed by atoms with E-state index >= 15 is 0 Å². The molecule has 1 aliphatic rings. The Balaban J connectivity index is 1.64. The molecule has 5 nitrogen and oxygen atoms in total. The average molecular weight is 523 g/mol. The number of hydrogen-bond acceptors (Lipinski definition) is 3. The molecule has 1 aliphatic heterocycles. The van der Waals surface area contributed by atoms with Crippen LogP contribution in [0.5, 0.6) is 0 Å². The second kappa shape index (κ2) is 8.70. The van der Waals surface area contributed by atoms with E-state index in [2.05, 4.69) is 15.7 Å². The number of carbonyl (C=O) groups is 1. The van der Waals surface area contributed by atoms with Crippen molar-refractivity contribution in [1.82, 2.24) is 9.78 Å². The number of alkyl halides is 6. The van der Waals surface area contributed by atoms with Gasteiger partial charge in [0, 0.05) is 17.5 Å². The van der Waals surface area contributed by atoms with Crippen LogP contribution in [0.4, 0.5) is 37.8 Å². The Morgan fingerprint density at radius 3 is 2.32 bits per heavy atom. The highest BCUT2D eigenvalue weighted by Gasteiger charge is 2.46. The summed E-state index contributed by atoms with van der Waals surface area (Å²) < 4.78 is 81.0. The molecule has 0 saturated carbocycles. The summed E-state index contributed by atoms with van der Waals surface area (Å²) in [6.45, 7) is 0. The Morgan fingerprint density at radius 2 is 1.71 bits per heavy atom. The van der Waals surface area contributed by atoms with Gasteiger partial charge >= 0.3 is 12.4 Å². The third-order valence-corrected chi connectivity index (χ3v) is 5.82. The van der Waals surface area contributed by atoms with E-state index in [0.29, 0.717) is 21.3 Å². The highest BCUT2D eigenvalue weighted by molar-refractivity contribution is 6.34. The summed E-state index contributed by atoms with van der Waals surface area (Å²) in [4.78, 5) is 12.6. The van der Waals surface area contributed by atoms with Crippen LogP contribution in [0.25, 0.3) is 0 Å². The molecule has 2 heterocycles. The van der Waals surface area contributed by atoms with Crippen molar-refractivity contribution >= 4 is 40.6 Å². The highest BCUT2D eigenvalue weighted by atomic mass is 35.5. The number of anilines is 2. The predicted octanol–water partition coefficient (Wildman–Crippen LogP) is 7.12. The van der Waals surface area contributed by atoms with Gasteiger partial charge in [0.05, 0.1) is 22.3 Å². The lowest BCUT2D eigenvalue weighted by atomic mass is 9.97. The van der Waals surface area contributed by atoms with Crippen LogP contribution in [-0.4, -0.2) is 21.9 Å². The molecule has 1 amide bonds. The molecular formula is C21H14Cl2F6N4O. The van der Waals surface area contributed by atoms with E-state index in [1.54, 1.807) is 24.3 Å². The van der Waals surface area contributed by atoms with Crippen LogP contribution in [0.1, 0.15) is 40.1 Å². The van der Waals surface area contributed by atoms with Gasteiger partial charge in [0.25, 0.3) is 5.91 Å². The second-order valence-electron chi connectivity index (χ2n) is 7.55. The summed E-state index contributed by atoms with van der Waals surface area (Å²) in [5.41, 5.74) is -1.29. The molecule has 2 N–H and O–H groups in total. The number of halogens is 8. The number of hydrogen-bond donors (Lipinski definition) is 2. The van der Waals surface area contributed by atoms with Crippen molar-refractivity contribution in [3.8, 4) is 0 Å². The molecule has 4 rings (SSSR count). The zero-order valence-electron chi connectivity index (χ0n) is 16.8. The zero-order chi connectivity index (χ0) is 24.8. The minimum atomic E-state index is -4.68. The monoisotopic (exact) mass is 522 g/mol. The van der Waals surface area contributed by atoms with Crippen LogP contribution in [0.15, 0.2) is 48.5 Å². The molecule has 0 bridgehead atoms. The van der Waals surface area contributed by atoms with Crippen LogP contribution in [0.2, 0.25) is 10.0 Å². The molecule has 13 heteroatoms. The molecule has 2 unspecified atom stereocenters. The Morgan fingerprint density at radius 1 is 1.03 bits per heavy atom. The number of benzene rings is 2. The Kier molecular flexibility index (Phi) is 6.19. The average Bonchev–Trinajstić information content (AvgIpc) is 3.18. The van der Waals surface area contributed by atoms with Gasteiger partial charge in [-0.2, -0.15) is 31.4 Å². The van der Waals surface area contributed by atoms with Crippen molar-refractivity contribution in [2.24, 2.45) is 0 Å². The third-order valence-electron chi connectivity index (χ3n) is 5.24. The standard InChI is InChI=1S/C21H14Cl2F6N4O/c22-12-4-1-10(2-5-12)14-8-17(21(27,28)29)33-18(30-14)9-16(32-33)19(34)31-15-7-11(20(24,25)26)3-6-13(15)23/h1-7,9,14,17,30H,8H2,(H,31,34). The molecule has 0 radical (unpaired) electrons.